The molecule has 0 fully saturated rings. The maximum absolute atomic E-state index is 12.5. The Labute approximate surface area is 113 Å². The van der Waals surface area contributed by atoms with Crippen LogP contribution >= 0.6 is 0 Å². The minimum absolute atomic E-state index is 0.0569. The first-order chi connectivity index (χ1) is 9.49. The fourth-order valence-corrected chi connectivity index (χ4v) is 1.32. The van der Waals surface area contributed by atoms with Crippen molar-refractivity contribution in [2.45, 2.75) is 0 Å². The molecule has 0 saturated heterocycles. The number of para-hydroxylation sites is 1. The average Bonchev–Trinajstić information content (AvgIpc) is 2.40. The number of halogens is 4. The highest BCUT2D eigenvalue weighted by Gasteiger charge is 2.06. The van der Waals surface area contributed by atoms with Crippen LogP contribution in [0.25, 0.3) is 0 Å². The fraction of sp³-hybridized carbons (Fsp3) is 0.143. The summed E-state index contributed by atoms with van der Waals surface area (Å²) in [6.07, 6.45) is 0. The van der Waals surface area contributed by atoms with Crippen LogP contribution in [0.4, 0.5) is 17.6 Å². The van der Waals surface area contributed by atoms with E-state index in [1.165, 1.54) is 26.4 Å². The van der Waals surface area contributed by atoms with Crippen LogP contribution in [0.1, 0.15) is 0 Å². The second-order valence-electron chi connectivity index (χ2n) is 3.53. The second kappa shape index (κ2) is 7.37. The molecule has 0 aliphatic carbocycles. The summed E-state index contributed by atoms with van der Waals surface area (Å²) in [6.45, 7) is 0. The van der Waals surface area contributed by atoms with Crippen molar-refractivity contribution in [1.82, 2.24) is 0 Å². The molecular weight excluding hydrogens is 276 g/mol. The summed E-state index contributed by atoms with van der Waals surface area (Å²) in [4.78, 5) is 0. The number of rotatable bonds is 2. The molecule has 2 nitrogen and oxygen atoms in total. The number of benzene rings is 2. The fourth-order valence-electron chi connectivity index (χ4n) is 1.32. The third-order valence-electron chi connectivity index (χ3n) is 2.24. The van der Waals surface area contributed by atoms with Gasteiger partial charge in [0.05, 0.1) is 14.2 Å². The molecule has 6 heteroatoms. The molecule has 0 spiro atoms. The second-order valence-corrected chi connectivity index (χ2v) is 3.53. The van der Waals surface area contributed by atoms with Crippen LogP contribution in [0.5, 0.6) is 11.5 Å². The Morgan fingerprint density at radius 3 is 1.75 bits per heavy atom. The maximum Gasteiger partial charge on any atom is 0.190 e. The number of hydrogen-bond donors (Lipinski definition) is 0. The summed E-state index contributed by atoms with van der Waals surface area (Å²) < 4.78 is 58.6. The number of ether oxygens (including phenoxy) is 2. The van der Waals surface area contributed by atoms with Crippen molar-refractivity contribution in [1.29, 1.82) is 0 Å². The van der Waals surface area contributed by atoms with E-state index >= 15 is 0 Å². The van der Waals surface area contributed by atoms with Crippen LogP contribution in [0.2, 0.25) is 0 Å². The number of methoxy groups -OCH3 is 2. The molecule has 0 aromatic heterocycles. The van der Waals surface area contributed by atoms with Crippen LogP contribution in [-0.4, -0.2) is 14.2 Å². The zero-order valence-corrected chi connectivity index (χ0v) is 10.8. The largest absolute Gasteiger partial charge is 0.494 e. The van der Waals surface area contributed by atoms with Crippen molar-refractivity contribution in [3.63, 3.8) is 0 Å². The highest BCUT2D eigenvalue weighted by molar-refractivity contribution is 5.25. The van der Waals surface area contributed by atoms with Gasteiger partial charge in [-0.25, -0.2) is 17.6 Å². The van der Waals surface area contributed by atoms with Crippen molar-refractivity contribution >= 4 is 0 Å². The predicted molar refractivity (Wildman–Crippen MR) is 65.8 cm³/mol. The van der Waals surface area contributed by atoms with E-state index in [0.717, 1.165) is 24.3 Å². The first kappa shape index (κ1) is 15.8. The van der Waals surface area contributed by atoms with Gasteiger partial charge in [-0.15, -0.1) is 0 Å². The molecule has 0 atom stereocenters. The van der Waals surface area contributed by atoms with E-state index in [1.807, 2.05) is 0 Å². The molecular formula is C14H12F4O2. The molecule has 0 radical (unpaired) electrons. The zero-order valence-electron chi connectivity index (χ0n) is 10.8. The predicted octanol–water partition coefficient (Wildman–Crippen LogP) is 3.95. The third-order valence-corrected chi connectivity index (χ3v) is 2.24. The highest BCUT2D eigenvalue weighted by atomic mass is 19.1. The SMILES string of the molecule is COc1c(F)cccc1F.COc1ccc(F)cc1F. The Balaban J connectivity index is 0.000000200. The lowest BCUT2D eigenvalue weighted by Gasteiger charge is -2.00. The average molecular weight is 288 g/mol. The topological polar surface area (TPSA) is 18.5 Å². The van der Waals surface area contributed by atoms with E-state index in [1.54, 1.807) is 0 Å². The molecule has 0 amide bonds. The summed E-state index contributed by atoms with van der Waals surface area (Å²) >= 11 is 0. The van der Waals surface area contributed by atoms with Crippen molar-refractivity contribution in [3.05, 3.63) is 59.7 Å². The summed E-state index contributed by atoms with van der Waals surface area (Å²) in [6, 6.07) is 6.72. The molecule has 0 bridgehead atoms. The van der Waals surface area contributed by atoms with Gasteiger partial charge in [0.2, 0.25) is 0 Å². The van der Waals surface area contributed by atoms with Gasteiger partial charge < -0.3 is 9.47 Å². The molecule has 108 valence electrons. The molecule has 2 aromatic rings. The lowest BCUT2D eigenvalue weighted by molar-refractivity contribution is 0.360. The third kappa shape index (κ3) is 4.15. The summed E-state index contributed by atoms with van der Waals surface area (Å²) in [7, 11) is 2.55. The summed E-state index contributed by atoms with van der Waals surface area (Å²) in [5.41, 5.74) is 0. The lowest BCUT2D eigenvalue weighted by atomic mass is 10.3. The van der Waals surface area contributed by atoms with Crippen molar-refractivity contribution in [3.8, 4) is 11.5 Å². The highest BCUT2D eigenvalue weighted by Crippen LogP contribution is 2.19. The normalized spacial score (nSPS) is 9.50. The quantitative estimate of drug-likeness (QED) is 0.779. The molecule has 2 rings (SSSR count). The van der Waals surface area contributed by atoms with E-state index < -0.39 is 23.3 Å². The van der Waals surface area contributed by atoms with E-state index in [2.05, 4.69) is 9.47 Å². The van der Waals surface area contributed by atoms with E-state index in [9.17, 15) is 17.6 Å². The van der Waals surface area contributed by atoms with Gasteiger partial charge in [-0.3, -0.25) is 0 Å². The smallest absolute Gasteiger partial charge is 0.190 e. The Morgan fingerprint density at radius 1 is 0.750 bits per heavy atom. The monoisotopic (exact) mass is 288 g/mol. The standard InChI is InChI=1S/2C7H6F2O/c1-10-7-3-2-5(8)4-6(7)9;1-10-7-5(8)3-2-4-6(7)9/h2*2-4H,1H3. The van der Waals surface area contributed by atoms with Crippen LogP contribution in [0.15, 0.2) is 36.4 Å². The van der Waals surface area contributed by atoms with Crippen molar-refractivity contribution in [2.75, 3.05) is 14.2 Å². The Kier molecular flexibility index (Phi) is 5.83. The van der Waals surface area contributed by atoms with Gasteiger partial charge in [0.25, 0.3) is 0 Å². The first-order valence-electron chi connectivity index (χ1n) is 5.46. The van der Waals surface area contributed by atoms with Crippen molar-refractivity contribution in [2.24, 2.45) is 0 Å². The molecule has 0 N–H and O–H groups in total. The molecule has 0 saturated carbocycles. The molecule has 0 aliphatic heterocycles. The van der Waals surface area contributed by atoms with E-state index in [4.69, 9.17) is 0 Å². The van der Waals surface area contributed by atoms with Crippen LogP contribution in [-0.2, 0) is 0 Å². The Hall–Kier alpha value is -2.24. The van der Waals surface area contributed by atoms with Gasteiger partial charge in [-0.1, -0.05) is 6.07 Å². The van der Waals surface area contributed by atoms with Gasteiger partial charge in [0.15, 0.2) is 29.0 Å². The minimum atomic E-state index is -0.678. The molecule has 0 aliphatic rings. The van der Waals surface area contributed by atoms with Crippen LogP contribution < -0.4 is 9.47 Å². The molecule has 0 unspecified atom stereocenters. The summed E-state index contributed by atoms with van der Waals surface area (Å²) in [5.74, 6) is -2.91. The zero-order chi connectivity index (χ0) is 15.1. The van der Waals surface area contributed by atoms with Gasteiger partial charge in [-0.2, -0.15) is 0 Å². The molecule has 20 heavy (non-hydrogen) atoms. The molecule has 0 heterocycles. The van der Waals surface area contributed by atoms with E-state index in [-0.39, 0.29) is 11.5 Å². The molecule has 2 aromatic carbocycles. The lowest BCUT2D eigenvalue weighted by Crippen LogP contribution is -1.90. The maximum atomic E-state index is 12.5. The van der Waals surface area contributed by atoms with Crippen molar-refractivity contribution < 1.29 is 27.0 Å². The van der Waals surface area contributed by atoms with Gasteiger partial charge >= 0.3 is 0 Å². The van der Waals surface area contributed by atoms with Crippen LogP contribution in [0, 0.1) is 23.3 Å². The van der Waals surface area contributed by atoms with Gasteiger partial charge in [0, 0.05) is 6.07 Å². The van der Waals surface area contributed by atoms with Gasteiger partial charge in [0.1, 0.15) is 5.82 Å². The first-order valence-corrected chi connectivity index (χ1v) is 5.46. The minimum Gasteiger partial charge on any atom is -0.494 e. The Bertz CT molecular complexity index is 553. The van der Waals surface area contributed by atoms with E-state index in [0.29, 0.717) is 0 Å². The van der Waals surface area contributed by atoms with Crippen LogP contribution in [0.3, 0.4) is 0 Å². The summed E-state index contributed by atoms with van der Waals surface area (Å²) in [5, 5.41) is 0. The Morgan fingerprint density at radius 2 is 1.35 bits per heavy atom. The number of hydrogen-bond acceptors (Lipinski definition) is 2. The van der Waals surface area contributed by atoms with Gasteiger partial charge in [-0.05, 0) is 24.3 Å².